The molecule has 0 fully saturated rings. The number of aliphatic imine (C=N–C) groups is 1. The first-order chi connectivity index (χ1) is 10.8. The predicted molar refractivity (Wildman–Crippen MR) is 109 cm³/mol. The summed E-state index contributed by atoms with van der Waals surface area (Å²) < 4.78 is 10.4. The van der Waals surface area contributed by atoms with E-state index in [0.717, 1.165) is 38.6 Å². The summed E-state index contributed by atoms with van der Waals surface area (Å²) in [6.45, 7) is 8.84. The van der Waals surface area contributed by atoms with E-state index in [1.54, 1.807) is 18.4 Å². The second-order valence-electron chi connectivity index (χ2n) is 5.02. The highest BCUT2D eigenvalue weighted by atomic mass is 127. The van der Waals surface area contributed by atoms with Crippen molar-refractivity contribution in [2.45, 2.75) is 26.2 Å². The molecule has 7 heteroatoms. The van der Waals surface area contributed by atoms with Crippen molar-refractivity contribution in [3.63, 3.8) is 0 Å². The molecule has 0 aromatic carbocycles. The van der Waals surface area contributed by atoms with Gasteiger partial charge in [0.25, 0.3) is 0 Å². The maximum Gasteiger partial charge on any atom is 0.191 e. The zero-order valence-corrected chi connectivity index (χ0v) is 17.5. The average molecular weight is 455 g/mol. The van der Waals surface area contributed by atoms with Crippen LogP contribution >= 0.6 is 35.3 Å². The number of guanidine groups is 1. The lowest BCUT2D eigenvalue weighted by atomic mass is 10.1. The summed E-state index contributed by atoms with van der Waals surface area (Å²) in [6, 6.07) is 4.26. The van der Waals surface area contributed by atoms with Crippen molar-refractivity contribution in [1.29, 1.82) is 0 Å². The third kappa shape index (κ3) is 10.9. The number of methoxy groups -OCH3 is 1. The van der Waals surface area contributed by atoms with Crippen LogP contribution in [0.4, 0.5) is 0 Å². The van der Waals surface area contributed by atoms with Gasteiger partial charge in [-0.05, 0) is 24.8 Å². The zero-order chi connectivity index (χ0) is 16.0. The maximum atomic E-state index is 5.44. The van der Waals surface area contributed by atoms with E-state index < -0.39 is 0 Å². The molecule has 23 heavy (non-hydrogen) atoms. The summed E-state index contributed by atoms with van der Waals surface area (Å²) in [5, 5.41) is 8.73. The third-order valence-corrected chi connectivity index (χ3v) is 4.19. The Bertz CT molecular complexity index is 402. The lowest BCUT2D eigenvalue weighted by Gasteiger charge is -2.13. The van der Waals surface area contributed by atoms with E-state index in [4.69, 9.17) is 9.47 Å². The van der Waals surface area contributed by atoms with Crippen LogP contribution in [0.25, 0.3) is 0 Å². The minimum atomic E-state index is 0. The Hall–Kier alpha value is -0.380. The molecule has 0 spiro atoms. The summed E-state index contributed by atoms with van der Waals surface area (Å²) >= 11 is 1.79. The van der Waals surface area contributed by atoms with E-state index in [1.807, 2.05) is 0 Å². The largest absolute Gasteiger partial charge is 0.382 e. The van der Waals surface area contributed by atoms with Crippen LogP contribution in [0.5, 0.6) is 0 Å². The Balaban J connectivity index is 0.00000484. The number of nitrogens with one attached hydrogen (secondary N) is 2. The molecule has 0 saturated heterocycles. The Labute approximate surface area is 161 Å². The van der Waals surface area contributed by atoms with E-state index >= 15 is 0 Å². The standard InChI is InChI=1S/C16H29N3O2S.HI/c1-4-17-16(18-8-6-9-21-11-10-20-3)19-13-14(2)15-7-5-12-22-15;/h5,7,12,14H,4,6,8-11,13H2,1-3H3,(H2,17,18,19);1H. The molecule has 134 valence electrons. The molecule has 0 saturated carbocycles. The van der Waals surface area contributed by atoms with E-state index in [1.165, 1.54) is 4.88 Å². The summed E-state index contributed by atoms with van der Waals surface area (Å²) in [7, 11) is 1.68. The van der Waals surface area contributed by atoms with E-state index in [-0.39, 0.29) is 24.0 Å². The van der Waals surface area contributed by atoms with Crippen molar-refractivity contribution in [3.05, 3.63) is 22.4 Å². The van der Waals surface area contributed by atoms with Crippen molar-refractivity contribution in [2.75, 3.05) is 46.6 Å². The monoisotopic (exact) mass is 455 g/mol. The van der Waals surface area contributed by atoms with Crippen molar-refractivity contribution in [1.82, 2.24) is 10.6 Å². The molecule has 1 rings (SSSR count). The molecule has 1 aromatic heterocycles. The molecule has 0 aliphatic rings. The average Bonchev–Trinajstić information content (AvgIpc) is 3.05. The molecule has 1 unspecified atom stereocenters. The molecular weight excluding hydrogens is 425 g/mol. The normalized spacial score (nSPS) is 12.6. The molecule has 1 aromatic rings. The molecule has 1 heterocycles. The van der Waals surface area contributed by atoms with Gasteiger partial charge in [-0.3, -0.25) is 4.99 Å². The van der Waals surface area contributed by atoms with Crippen LogP contribution in [-0.2, 0) is 9.47 Å². The van der Waals surface area contributed by atoms with Gasteiger partial charge in [0.15, 0.2) is 5.96 Å². The number of hydrogen-bond acceptors (Lipinski definition) is 4. The van der Waals surface area contributed by atoms with E-state index in [0.29, 0.717) is 19.1 Å². The topological polar surface area (TPSA) is 54.9 Å². The van der Waals surface area contributed by atoms with Gasteiger partial charge >= 0.3 is 0 Å². The first-order valence-electron chi connectivity index (χ1n) is 7.90. The Morgan fingerprint density at radius 3 is 2.78 bits per heavy atom. The Kier molecular flexibility index (Phi) is 14.9. The number of nitrogens with zero attached hydrogens (tertiary/aromatic N) is 1. The van der Waals surface area contributed by atoms with Crippen LogP contribution in [-0.4, -0.2) is 52.5 Å². The van der Waals surface area contributed by atoms with Crippen LogP contribution in [0.1, 0.15) is 31.1 Å². The lowest BCUT2D eigenvalue weighted by molar-refractivity contribution is 0.0698. The summed E-state index contributed by atoms with van der Waals surface area (Å²) in [4.78, 5) is 6.04. The minimum Gasteiger partial charge on any atom is -0.382 e. The fraction of sp³-hybridized carbons (Fsp3) is 0.688. The van der Waals surface area contributed by atoms with Gasteiger partial charge in [-0.2, -0.15) is 0 Å². The van der Waals surface area contributed by atoms with Gasteiger partial charge in [0.05, 0.1) is 19.8 Å². The van der Waals surface area contributed by atoms with Crippen LogP contribution in [0.3, 0.4) is 0 Å². The number of thiophene rings is 1. The van der Waals surface area contributed by atoms with Gasteiger partial charge in [0.1, 0.15) is 0 Å². The molecule has 2 N–H and O–H groups in total. The summed E-state index contributed by atoms with van der Waals surface area (Å²) in [5.41, 5.74) is 0. The molecular formula is C16H30IN3O2S. The maximum absolute atomic E-state index is 5.44. The minimum absolute atomic E-state index is 0. The molecule has 0 bridgehead atoms. The fourth-order valence-electron chi connectivity index (χ4n) is 1.86. The third-order valence-electron chi connectivity index (χ3n) is 3.09. The van der Waals surface area contributed by atoms with E-state index in [9.17, 15) is 0 Å². The summed E-state index contributed by atoms with van der Waals surface area (Å²) in [5.74, 6) is 1.33. The first-order valence-corrected chi connectivity index (χ1v) is 8.78. The zero-order valence-electron chi connectivity index (χ0n) is 14.3. The number of halogens is 1. The van der Waals surface area contributed by atoms with Crippen molar-refractivity contribution < 1.29 is 9.47 Å². The van der Waals surface area contributed by atoms with Crippen LogP contribution in [0.15, 0.2) is 22.5 Å². The van der Waals surface area contributed by atoms with Gasteiger partial charge in [0, 0.05) is 37.6 Å². The Morgan fingerprint density at radius 2 is 2.13 bits per heavy atom. The quantitative estimate of drug-likeness (QED) is 0.233. The smallest absolute Gasteiger partial charge is 0.191 e. The van der Waals surface area contributed by atoms with Crippen LogP contribution in [0.2, 0.25) is 0 Å². The van der Waals surface area contributed by atoms with Gasteiger partial charge in [-0.15, -0.1) is 35.3 Å². The lowest BCUT2D eigenvalue weighted by Crippen LogP contribution is -2.38. The van der Waals surface area contributed by atoms with Gasteiger partial charge in [0.2, 0.25) is 0 Å². The highest BCUT2D eigenvalue weighted by molar-refractivity contribution is 14.0. The van der Waals surface area contributed by atoms with Gasteiger partial charge < -0.3 is 20.1 Å². The predicted octanol–water partition coefficient (Wildman–Crippen LogP) is 3.08. The van der Waals surface area contributed by atoms with Crippen molar-refractivity contribution >= 4 is 41.3 Å². The van der Waals surface area contributed by atoms with Crippen LogP contribution in [0, 0.1) is 0 Å². The number of rotatable bonds is 11. The molecule has 1 atom stereocenters. The molecule has 0 aliphatic carbocycles. The van der Waals surface area contributed by atoms with E-state index in [2.05, 4.69) is 47.0 Å². The number of ether oxygens (including phenoxy) is 2. The molecule has 5 nitrogen and oxygen atoms in total. The van der Waals surface area contributed by atoms with Gasteiger partial charge in [-0.25, -0.2) is 0 Å². The van der Waals surface area contributed by atoms with Crippen molar-refractivity contribution in [2.24, 2.45) is 4.99 Å². The number of hydrogen-bond donors (Lipinski definition) is 2. The molecule has 0 aliphatic heterocycles. The second-order valence-corrected chi connectivity index (χ2v) is 6.00. The molecule has 0 amide bonds. The van der Waals surface area contributed by atoms with Gasteiger partial charge in [-0.1, -0.05) is 13.0 Å². The highest BCUT2D eigenvalue weighted by Crippen LogP contribution is 2.20. The fourth-order valence-corrected chi connectivity index (χ4v) is 2.64. The first kappa shape index (κ1) is 22.6. The second kappa shape index (κ2) is 15.2. The SMILES string of the molecule is CCNC(=NCC(C)c1cccs1)NCCCOCCOC.I. The van der Waals surface area contributed by atoms with Crippen LogP contribution < -0.4 is 10.6 Å². The van der Waals surface area contributed by atoms with Crippen molar-refractivity contribution in [3.8, 4) is 0 Å². The molecule has 0 radical (unpaired) electrons. The Morgan fingerprint density at radius 1 is 1.30 bits per heavy atom. The summed E-state index contributed by atoms with van der Waals surface area (Å²) in [6.07, 6.45) is 0.953. The highest BCUT2D eigenvalue weighted by Gasteiger charge is 2.06.